The third-order valence-electron chi connectivity index (χ3n) is 2.07. The number of benzene rings is 1. The second-order valence-corrected chi connectivity index (χ2v) is 6.38. The Morgan fingerprint density at radius 1 is 1.44 bits per heavy atom. The highest BCUT2D eigenvalue weighted by Crippen LogP contribution is 2.29. The molecule has 0 atom stereocenters. The lowest BCUT2D eigenvalue weighted by molar-refractivity contribution is -0.137. The number of rotatable bonds is 6. The molecule has 0 aliphatic carbocycles. The van der Waals surface area contributed by atoms with Gasteiger partial charge < -0.3 is 5.11 Å². The number of carbonyl (C=O) groups is 1. The van der Waals surface area contributed by atoms with Crippen molar-refractivity contribution in [3.05, 3.63) is 27.7 Å². The molecule has 0 amide bonds. The highest BCUT2D eigenvalue weighted by Gasteiger charge is 2.18. The summed E-state index contributed by atoms with van der Waals surface area (Å²) in [6.07, 6.45) is 0.145. The lowest BCUT2D eigenvalue weighted by atomic mass is 10.3. The smallest absolute Gasteiger partial charge is 0.303 e. The molecule has 1 aromatic rings. The zero-order valence-corrected chi connectivity index (χ0v) is 12.3. The summed E-state index contributed by atoms with van der Waals surface area (Å²) in [5, 5.41) is 8.73. The van der Waals surface area contributed by atoms with Crippen LogP contribution in [0.1, 0.15) is 12.8 Å². The molecule has 5 nitrogen and oxygen atoms in total. The summed E-state index contributed by atoms with van der Waals surface area (Å²) in [5.74, 6) is -0.960. The van der Waals surface area contributed by atoms with Gasteiger partial charge >= 0.3 is 5.97 Å². The number of hydrogen-bond acceptors (Lipinski definition) is 3. The van der Waals surface area contributed by atoms with Crippen LogP contribution in [0.3, 0.4) is 0 Å². The number of carboxylic acid groups (broad SMARTS) is 1. The van der Waals surface area contributed by atoms with Crippen molar-refractivity contribution in [1.29, 1.82) is 0 Å². The van der Waals surface area contributed by atoms with Crippen LogP contribution in [-0.2, 0) is 14.8 Å². The molecule has 0 aliphatic heterocycles. The molecule has 0 heterocycles. The van der Waals surface area contributed by atoms with Crippen molar-refractivity contribution < 1.29 is 18.3 Å². The molecule has 1 rings (SSSR count). The van der Waals surface area contributed by atoms with Gasteiger partial charge in [-0.15, -0.1) is 0 Å². The van der Waals surface area contributed by atoms with Crippen molar-refractivity contribution in [3.8, 4) is 0 Å². The van der Waals surface area contributed by atoms with Crippen LogP contribution in [0.4, 0.5) is 0 Å². The number of hydrogen-bond donors (Lipinski definition) is 2. The van der Waals surface area contributed by atoms with Crippen LogP contribution in [0.2, 0.25) is 5.02 Å². The summed E-state index contributed by atoms with van der Waals surface area (Å²) in [6.45, 7) is 0.0631. The highest BCUT2D eigenvalue weighted by atomic mass is 79.9. The van der Waals surface area contributed by atoms with Crippen molar-refractivity contribution in [2.24, 2.45) is 0 Å². The van der Waals surface area contributed by atoms with E-state index >= 15 is 0 Å². The van der Waals surface area contributed by atoms with Gasteiger partial charge in [0, 0.05) is 13.0 Å². The van der Waals surface area contributed by atoms with E-state index in [-0.39, 0.29) is 28.8 Å². The molecule has 2 N–H and O–H groups in total. The lowest BCUT2D eigenvalue weighted by Gasteiger charge is -2.08. The molecule has 0 spiro atoms. The van der Waals surface area contributed by atoms with E-state index in [9.17, 15) is 13.2 Å². The Bertz CT molecular complexity index is 547. The van der Waals surface area contributed by atoms with E-state index in [0.29, 0.717) is 5.02 Å². The average molecular weight is 357 g/mol. The summed E-state index contributed by atoms with van der Waals surface area (Å²) < 4.78 is 26.4. The maximum Gasteiger partial charge on any atom is 0.303 e. The van der Waals surface area contributed by atoms with Crippen LogP contribution < -0.4 is 4.72 Å². The minimum absolute atomic E-state index is 0.0327. The maximum absolute atomic E-state index is 11.9. The standard InChI is InChI=1S/C10H11BrClNO4S/c11-10-7(12)3-1-4-8(10)18(16,17)13-6-2-5-9(14)15/h1,3-4,13H,2,5-6H2,(H,14,15). The number of carboxylic acids is 1. The molecule has 0 saturated carbocycles. The van der Waals surface area contributed by atoms with Crippen molar-refractivity contribution in [1.82, 2.24) is 4.72 Å². The molecule has 0 saturated heterocycles. The predicted octanol–water partition coefficient (Wildman–Crippen LogP) is 2.25. The van der Waals surface area contributed by atoms with Crippen LogP contribution in [-0.4, -0.2) is 26.0 Å². The van der Waals surface area contributed by atoms with Gasteiger partial charge in [-0.25, -0.2) is 13.1 Å². The van der Waals surface area contributed by atoms with Crippen LogP contribution in [0, 0.1) is 0 Å². The van der Waals surface area contributed by atoms with Gasteiger partial charge in [-0.1, -0.05) is 17.7 Å². The monoisotopic (exact) mass is 355 g/mol. The first-order valence-electron chi connectivity index (χ1n) is 5.00. The molecule has 100 valence electrons. The van der Waals surface area contributed by atoms with E-state index in [4.69, 9.17) is 16.7 Å². The van der Waals surface area contributed by atoms with Crippen molar-refractivity contribution in [2.75, 3.05) is 6.54 Å². The molecule has 0 bridgehead atoms. The van der Waals surface area contributed by atoms with E-state index in [1.54, 1.807) is 6.07 Å². The Morgan fingerprint density at radius 2 is 2.11 bits per heavy atom. The largest absolute Gasteiger partial charge is 0.481 e. The molecule has 0 unspecified atom stereocenters. The maximum atomic E-state index is 11.9. The quantitative estimate of drug-likeness (QED) is 0.766. The van der Waals surface area contributed by atoms with Gasteiger partial charge in [-0.2, -0.15) is 0 Å². The minimum Gasteiger partial charge on any atom is -0.481 e. The molecule has 0 aliphatic rings. The average Bonchev–Trinajstić information content (AvgIpc) is 2.28. The van der Waals surface area contributed by atoms with Crippen LogP contribution >= 0.6 is 27.5 Å². The van der Waals surface area contributed by atoms with Gasteiger partial charge in [0.25, 0.3) is 0 Å². The molecule has 0 fully saturated rings. The SMILES string of the molecule is O=C(O)CCCNS(=O)(=O)c1cccc(Cl)c1Br. The van der Waals surface area contributed by atoms with Crippen molar-refractivity contribution in [3.63, 3.8) is 0 Å². The van der Waals surface area contributed by atoms with Gasteiger partial charge in [0.2, 0.25) is 10.0 Å². The predicted molar refractivity (Wildman–Crippen MR) is 71.2 cm³/mol. The number of aliphatic carboxylic acids is 1. The number of halogens is 2. The molecule has 18 heavy (non-hydrogen) atoms. The molecule has 0 radical (unpaired) electrons. The second kappa shape index (κ2) is 6.51. The van der Waals surface area contributed by atoms with Crippen molar-refractivity contribution in [2.45, 2.75) is 17.7 Å². The minimum atomic E-state index is -3.69. The zero-order valence-electron chi connectivity index (χ0n) is 9.19. The Balaban J connectivity index is 2.75. The molecular formula is C10H11BrClNO4S. The van der Waals surface area contributed by atoms with Gasteiger partial charge in [-0.05, 0) is 34.5 Å². The molecule has 1 aromatic carbocycles. The van der Waals surface area contributed by atoms with Gasteiger partial charge in [0.15, 0.2) is 0 Å². The molecule has 8 heteroatoms. The van der Waals surface area contributed by atoms with Gasteiger partial charge in [0.1, 0.15) is 0 Å². The van der Waals surface area contributed by atoms with E-state index in [0.717, 1.165) is 0 Å². The van der Waals surface area contributed by atoms with E-state index in [2.05, 4.69) is 20.7 Å². The summed E-state index contributed by atoms with van der Waals surface area (Å²) in [7, 11) is -3.69. The zero-order chi connectivity index (χ0) is 13.8. The number of nitrogens with one attached hydrogen (secondary N) is 1. The first-order chi connectivity index (χ1) is 8.34. The summed E-state index contributed by atoms with van der Waals surface area (Å²) >= 11 is 8.91. The summed E-state index contributed by atoms with van der Waals surface area (Å²) in [4.78, 5) is 10.3. The van der Waals surface area contributed by atoms with Gasteiger partial charge in [0.05, 0.1) is 14.4 Å². The first kappa shape index (κ1) is 15.4. The summed E-state index contributed by atoms with van der Waals surface area (Å²) in [5.41, 5.74) is 0. The Morgan fingerprint density at radius 3 is 2.72 bits per heavy atom. The topological polar surface area (TPSA) is 83.5 Å². The van der Waals surface area contributed by atoms with Crippen LogP contribution in [0.5, 0.6) is 0 Å². The Kier molecular flexibility index (Phi) is 5.58. The Labute approximate surface area is 118 Å². The third kappa shape index (κ3) is 4.24. The third-order valence-corrected chi connectivity index (χ3v) is 5.23. The van der Waals surface area contributed by atoms with Gasteiger partial charge in [-0.3, -0.25) is 4.79 Å². The van der Waals surface area contributed by atoms with Crippen LogP contribution in [0.25, 0.3) is 0 Å². The normalized spacial score (nSPS) is 11.4. The number of sulfonamides is 1. The van der Waals surface area contributed by atoms with E-state index in [1.165, 1.54) is 12.1 Å². The second-order valence-electron chi connectivity index (χ2n) is 3.45. The van der Waals surface area contributed by atoms with E-state index in [1.807, 2.05) is 0 Å². The van der Waals surface area contributed by atoms with E-state index < -0.39 is 16.0 Å². The first-order valence-corrected chi connectivity index (χ1v) is 7.65. The lowest BCUT2D eigenvalue weighted by Crippen LogP contribution is -2.25. The van der Waals surface area contributed by atoms with Crippen LogP contribution in [0.15, 0.2) is 27.6 Å². The summed E-state index contributed by atoms with van der Waals surface area (Å²) in [6, 6.07) is 4.50. The van der Waals surface area contributed by atoms with Crippen molar-refractivity contribution >= 4 is 43.5 Å². The highest BCUT2D eigenvalue weighted by molar-refractivity contribution is 9.10. The Hall–Kier alpha value is -0.630. The molecule has 0 aromatic heterocycles. The fraction of sp³-hybridized carbons (Fsp3) is 0.300. The fourth-order valence-electron chi connectivity index (χ4n) is 1.22. The fourth-order valence-corrected chi connectivity index (χ4v) is 3.52. The molecular weight excluding hydrogens is 346 g/mol.